The Morgan fingerprint density at radius 3 is 2.65 bits per heavy atom. The van der Waals surface area contributed by atoms with Gasteiger partial charge in [0.1, 0.15) is 6.54 Å². The molecule has 0 atom stereocenters. The van der Waals surface area contributed by atoms with Crippen molar-refractivity contribution < 1.29 is 18.0 Å². The van der Waals surface area contributed by atoms with Crippen LogP contribution in [0.5, 0.6) is 0 Å². The maximum absolute atomic E-state index is 12.3. The Morgan fingerprint density at radius 2 is 2.24 bits per heavy atom. The van der Waals surface area contributed by atoms with E-state index in [1.807, 2.05) is 0 Å². The van der Waals surface area contributed by atoms with E-state index in [1.54, 1.807) is 7.05 Å². The Morgan fingerprint density at radius 1 is 1.59 bits per heavy atom. The molecule has 0 N–H and O–H groups in total. The number of aryl methyl sites for hydroxylation is 1. The largest absolute Gasteiger partial charge is 0.406 e. The van der Waals surface area contributed by atoms with Gasteiger partial charge in [-0.2, -0.15) is 18.3 Å². The lowest BCUT2D eigenvalue weighted by Gasteiger charge is -2.22. The van der Waals surface area contributed by atoms with Gasteiger partial charge in [-0.05, 0) is 0 Å². The highest BCUT2D eigenvalue weighted by molar-refractivity contribution is 9.09. The summed E-state index contributed by atoms with van der Waals surface area (Å²) in [6.07, 6.45) is -1.76. The summed E-state index contributed by atoms with van der Waals surface area (Å²) in [5.41, 5.74) is 0.151. The van der Waals surface area contributed by atoms with Crippen molar-refractivity contribution in [1.29, 1.82) is 0 Å². The molecular weight excluding hydrogens is 303 g/mol. The highest BCUT2D eigenvalue weighted by Crippen LogP contribution is 2.18. The van der Waals surface area contributed by atoms with Crippen molar-refractivity contribution >= 4 is 21.8 Å². The van der Waals surface area contributed by atoms with Crippen LogP contribution in [0.2, 0.25) is 0 Å². The minimum Gasteiger partial charge on any atom is -0.329 e. The van der Waals surface area contributed by atoms with Crippen molar-refractivity contribution in [3.63, 3.8) is 0 Å². The minimum atomic E-state index is -4.40. The number of hydrogen-bond donors (Lipinski definition) is 0. The third-order valence-corrected chi connectivity index (χ3v) is 2.32. The second kappa shape index (κ2) is 5.52. The Bertz CT molecular complexity index is 391. The van der Waals surface area contributed by atoms with Gasteiger partial charge in [-0.3, -0.25) is 9.48 Å². The van der Waals surface area contributed by atoms with Crippen LogP contribution in [0, 0.1) is 0 Å². The van der Waals surface area contributed by atoms with Crippen LogP contribution in [0.3, 0.4) is 0 Å². The Labute approximate surface area is 105 Å². The third kappa shape index (κ3) is 4.37. The van der Waals surface area contributed by atoms with Crippen molar-refractivity contribution in [2.75, 3.05) is 18.4 Å². The summed E-state index contributed by atoms with van der Waals surface area (Å²) < 4.78 is 38.2. The first-order valence-corrected chi connectivity index (χ1v) is 5.86. The van der Waals surface area contributed by atoms with E-state index in [0.717, 1.165) is 4.90 Å². The van der Waals surface area contributed by atoms with E-state index >= 15 is 0 Å². The molecule has 1 heterocycles. The molecule has 0 unspecified atom stereocenters. The van der Waals surface area contributed by atoms with Crippen LogP contribution < -0.4 is 0 Å². The number of hydrogen-bond acceptors (Lipinski definition) is 2. The fourth-order valence-electron chi connectivity index (χ4n) is 1.29. The van der Waals surface area contributed by atoms with Gasteiger partial charge in [0.2, 0.25) is 0 Å². The summed E-state index contributed by atoms with van der Waals surface area (Å²) in [4.78, 5) is 12.5. The summed E-state index contributed by atoms with van der Waals surface area (Å²) in [5, 5.41) is 4.04. The standard InChI is InChI=1S/C9H11BrF3N3O/c1-15-5-7(4-14-15)8(17)16(3-2-10)6-9(11,12)13/h4-5H,2-3,6H2,1H3. The number of carbonyl (C=O) groups excluding carboxylic acids is 1. The van der Waals surface area contributed by atoms with E-state index in [9.17, 15) is 18.0 Å². The molecule has 4 nitrogen and oxygen atoms in total. The van der Waals surface area contributed by atoms with E-state index in [1.165, 1.54) is 17.1 Å². The second-order valence-corrected chi connectivity index (χ2v) is 4.23. The van der Waals surface area contributed by atoms with Crippen LogP contribution in [0.25, 0.3) is 0 Å². The first kappa shape index (κ1) is 14.0. The molecule has 1 aromatic heterocycles. The van der Waals surface area contributed by atoms with Gasteiger partial charge in [0, 0.05) is 25.1 Å². The summed E-state index contributed by atoms with van der Waals surface area (Å²) in [5.74, 6) is -0.671. The molecule has 0 aliphatic rings. The third-order valence-electron chi connectivity index (χ3n) is 1.96. The van der Waals surface area contributed by atoms with Crippen molar-refractivity contribution in [3.05, 3.63) is 18.0 Å². The normalized spacial score (nSPS) is 11.6. The van der Waals surface area contributed by atoms with Crippen LogP contribution in [0.15, 0.2) is 12.4 Å². The average molecular weight is 314 g/mol. The molecule has 0 saturated carbocycles. The van der Waals surface area contributed by atoms with Gasteiger partial charge in [0.15, 0.2) is 0 Å². The Kier molecular flexibility index (Phi) is 4.55. The number of amides is 1. The molecule has 0 aliphatic carbocycles. The highest BCUT2D eigenvalue weighted by atomic mass is 79.9. The zero-order chi connectivity index (χ0) is 13.1. The molecule has 0 saturated heterocycles. The minimum absolute atomic E-state index is 0.00671. The fourth-order valence-corrected chi connectivity index (χ4v) is 1.71. The molecule has 1 aromatic rings. The van der Waals surface area contributed by atoms with Gasteiger partial charge >= 0.3 is 6.18 Å². The molecule has 0 aliphatic heterocycles. The molecule has 96 valence electrons. The lowest BCUT2D eigenvalue weighted by atomic mass is 10.3. The van der Waals surface area contributed by atoms with Gasteiger partial charge < -0.3 is 4.90 Å². The maximum Gasteiger partial charge on any atom is 0.406 e. The number of rotatable bonds is 4. The van der Waals surface area contributed by atoms with Crippen molar-refractivity contribution in [1.82, 2.24) is 14.7 Å². The summed E-state index contributed by atoms with van der Waals surface area (Å²) in [6, 6.07) is 0. The molecule has 1 amide bonds. The topological polar surface area (TPSA) is 38.1 Å². The Hall–Kier alpha value is -1.05. The first-order chi connectivity index (χ1) is 7.83. The fraction of sp³-hybridized carbons (Fsp3) is 0.556. The number of carbonyl (C=O) groups is 1. The van der Waals surface area contributed by atoms with Crippen LogP contribution >= 0.6 is 15.9 Å². The smallest absolute Gasteiger partial charge is 0.329 e. The monoisotopic (exact) mass is 313 g/mol. The van der Waals surface area contributed by atoms with Gasteiger partial charge in [-0.1, -0.05) is 15.9 Å². The van der Waals surface area contributed by atoms with Gasteiger partial charge in [-0.15, -0.1) is 0 Å². The Balaban J connectivity index is 2.80. The van der Waals surface area contributed by atoms with Gasteiger partial charge in [0.25, 0.3) is 5.91 Å². The highest BCUT2D eigenvalue weighted by Gasteiger charge is 2.33. The number of halogens is 4. The SMILES string of the molecule is Cn1cc(C(=O)N(CCBr)CC(F)(F)F)cn1. The molecule has 1 rings (SSSR count). The van der Waals surface area contributed by atoms with E-state index in [0.29, 0.717) is 0 Å². The number of alkyl halides is 4. The molecule has 0 fully saturated rings. The van der Waals surface area contributed by atoms with Crippen LogP contribution in [0.4, 0.5) is 13.2 Å². The molecule has 17 heavy (non-hydrogen) atoms. The van der Waals surface area contributed by atoms with Crippen LogP contribution in [-0.2, 0) is 7.05 Å². The van der Waals surface area contributed by atoms with Crippen molar-refractivity contribution in [3.8, 4) is 0 Å². The summed E-state index contributed by atoms with van der Waals surface area (Å²) >= 11 is 3.02. The lowest BCUT2D eigenvalue weighted by molar-refractivity contribution is -0.140. The van der Waals surface area contributed by atoms with Gasteiger partial charge in [0.05, 0.1) is 11.8 Å². The molecule has 8 heteroatoms. The molecule has 0 aromatic carbocycles. The predicted molar refractivity (Wildman–Crippen MR) is 59.0 cm³/mol. The molecule has 0 bridgehead atoms. The van der Waals surface area contributed by atoms with E-state index < -0.39 is 18.6 Å². The number of aromatic nitrogens is 2. The van der Waals surface area contributed by atoms with Crippen LogP contribution in [0.1, 0.15) is 10.4 Å². The maximum atomic E-state index is 12.3. The van der Waals surface area contributed by atoms with Crippen molar-refractivity contribution in [2.45, 2.75) is 6.18 Å². The molecule has 0 radical (unpaired) electrons. The van der Waals surface area contributed by atoms with Crippen LogP contribution in [-0.4, -0.2) is 45.2 Å². The zero-order valence-electron chi connectivity index (χ0n) is 9.04. The number of nitrogens with zero attached hydrogens (tertiary/aromatic N) is 3. The first-order valence-electron chi connectivity index (χ1n) is 4.74. The van der Waals surface area contributed by atoms with E-state index in [2.05, 4.69) is 21.0 Å². The predicted octanol–water partition coefficient (Wildman–Crippen LogP) is 1.82. The molecular formula is C9H11BrF3N3O. The van der Waals surface area contributed by atoms with E-state index in [-0.39, 0.29) is 17.4 Å². The summed E-state index contributed by atoms with van der Waals surface area (Å²) in [7, 11) is 1.59. The summed E-state index contributed by atoms with van der Waals surface area (Å²) in [6.45, 7) is -1.26. The second-order valence-electron chi connectivity index (χ2n) is 3.43. The van der Waals surface area contributed by atoms with Crippen molar-refractivity contribution in [2.24, 2.45) is 7.05 Å². The lowest BCUT2D eigenvalue weighted by Crippen LogP contribution is -2.40. The zero-order valence-corrected chi connectivity index (χ0v) is 10.6. The van der Waals surface area contributed by atoms with Gasteiger partial charge in [-0.25, -0.2) is 0 Å². The van der Waals surface area contributed by atoms with E-state index in [4.69, 9.17) is 0 Å². The molecule has 0 spiro atoms. The quantitative estimate of drug-likeness (QED) is 0.795. The average Bonchev–Trinajstić information content (AvgIpc) is 2.61.